The molecule has 0 heterocycles. The van der Waals surface area contributed by atoms with Crippen LogP contribution >= 0.6 is 0 Å². The number of hydrogen-bond acceptors (Lipinski definition) is 1. The van der Waals surface area contributed by atoms with E-state index in [4.69, 9.17) is 4.74 Å². The average molecular weight is 160 g/mol. The van der Waals surface area contributed by atoms with Gasteiger partial charge in [0.25, 0.3) is 0 Å². The Morgan fingerprint density at radius 3 is 3.00 bits per heavy atom. The van der Waals surface area contributed by atoms with Gasteiger partial charge in [0.1, 0.15) is 5.76 Å². The predicted octanol–water partition coefficient (Wildman–Crippen LogP) is 2.62. The molecule has 0 radical (unpaired) electrons. The largest absolute Gasteiger partial charge is 0.494 e. The lowest BCUT2D eigenvalue weighted by Crippen LogP contribution is -1.89. The molecule has 0 saturated heterocycles. The van der Waals surface area contributed by atoms with Crippen molar-refractivity contribution >= 4 is 5.76 Å². The Morgan fingerprint density at radius 2 is 2.17 bits per heavy atom. The minimum absolute atomic E-state index is 0.750. The summed E-state index contributed by atoms with van der Waals surface area (Å²) in [6.45, 7) is 2.77. The van der Waals surface area contributed by atoms with Crippen molar-refractivity contribution in [2.24, 2.45) is 0 Å². The highest BCUT2D eigenvalue weighted by Crippen LogP contribution is 2.27. The lowest BCUT2D eigenvalue weighted by atomic mass is 10.1. The summed E-state index contributed by atoms with van der Waals surface area (Å²) in [5.74, 6) is 1.05. The SMILES string of the molecule is CCOC1=CCc2ccccc21. The summed E-state index contributed by atoms with van der Waals surface area (Å²) in [5, 5.41) is 0. The molecule has 1 aromatic rings. The zero-order chi connectivity index (χ0) is 8.39. The minimum atomic E-state index is 0.750. The van der Waals surface area contributed by atoms with Crippen molar-refractivity contribution in [3.8, 4) is 0 Å². The molecule has 2 rings (SSSR count). The van der Waals surface area contributed by atoms with Crippen molar-refractivity contribution in [2.45, 2.75) is 13.3 Å². The van der Waals surface area contributed by atoms with Gasteiger partial charge < -0.3 is 4.74 Å². The van der Waals surface area contributed by atoms with Crippen molar-refractivity contribution in [3.05, 3.63) is 41.5 Å². The van der Waals surface area contributed by atoms with Crippen molar-refractivity contribution in [1.29, 1.82) is 0 Å². The fourth-order valence-electron chi connectivity index (χ4n) is 1.54. The van der Waals surface area contributed by atoms with Gasteiger partial charge in [0, 0.05) is 5.56 Å². The smallest absolute Gasteiger partial charge is 0.123 e. The average Bonchev–Trinajstić information content (AvgIpc) is 2.50. The quantitative estimate of drug-likeness (QED) is 0.646. The second kappa shape index (κ2) is 3.02. The molecule has 0 aromatic heterocycles. The van der Waals surface area contributed by atoms with Crippen LogP contribution in [0.3, 0.4) is 0 Å². The maximum atomic E-state index is 5.49. The highest BCUT2D eigenvalue weighted by molar-refractivity contribution is 5.68. The molecule has 62 valence electrons. The molecule has 0 N–H and O–H groups in total. The maximum absolute atomic E-state index is 5.49. The first-order valence-corrected chi connectivity index (χ1v) is 4.33. The second-order valence-electron chi connectivity index (χ2n) is 2.86. The summed E-state index contributed by atoms with van der Waals surface area (Å²) in [6.07, 6.45) is 3.17. The summed E-state index contributed by atoms with van der Waals surface area (Å²) >= 11 is 0. The van der Waals surface area contributed by atoms with E-state index >= 15 is 0 Å². The highest BCUT2D eigenvalue weighted by Gasteiger charge is 2.12. The summed E-state index contributed by atoms with van der Waals surface area (Å²) in [5.41, 5.74) is 2.64. The Kier molecular flexibility index (Phi) is 1.86. The van der Waals surface area contributed by atoms with Gasteiger partial charge >= 0.3 is 0 Å². The van der Waals surface area contributed by atoms with Crippen LogP contribution in [0.25, 0.3) is 5.76 Å². The Morgan fingerprint density at radius 1 is 1.33 bits per heavy atom. The van der Waals surface area contributed by atoms with Gasteiger partial charge in [0.2, 0.25) is 0 Å². The van der Waals surface area contributed by atoms with E-state index in [1.807, 2.05) is 6.92 Å². The lowest BCUT2D eigenvalue weighted by molar-refractivity contribution is 0.298. The van der Waals surface area contributed by atoms with Crippen LogP contribution in [0.5, 0.6) is 0 Å². The van der Waals surface area contributed by atoms with E-state index in [1.54, 1.807) is 0 Å². The maximum Gasteiger partial charge on any atom is 0.123 e. The molecule has 1 aliphatic rings. The standard InChI is InChI=1S/C11H12O/c1-2-12-11-8-7-9-5-3-4-6-10(9)11/h3-6,8H,2,7H2,1H3. The molecule has 0 saturated carbocycles. The van der Waals surface area contributed by atoms with Crippen molar-refractivity contribution < 1.29 is 4.74 Å². The van der Waals surface area contributed by atoms with E-state index < -0.39 is 0 Å². The van der Waals surface area contributed by atoms with Gasteiger partial charge in [-0.3, -0.25) is 0 Å². The molecule has 0 atom stereocenters. The van der Waals surface area contributed by atoms with Crippen molar-refractivity contribution in [3.63, 3.8) is 0 Å². The molecule has 0 fully saturated rings. The first-order chi connectivity index (χ1) is 5.92. The Hall–Kier alpha value is -1.24. The van der Waals surface area contributed by atoms with E-state index in [9.17, 15) is 0 Å². The van der Waals surface area contributed by atoms with Crippen LogP contribution < -0.4 is 0 Å². The van der Waals surface area contributed by atoms with E-state index in [1.165, 1.54) is 11.1 Å². The van der Waals surface area contributed by atoms with Crippen LogP contribution in [-0.2, 0) is 11.2 Å². The summed E-state index contributed by atoms with van der Waals surface area (Å²) in [7, 11) is 0. The molecule has 1 heteroatoms. The minimum Gasteiger partial charge on any atom is -0.494 e. The zero-order valence-corrected chi connectivity index (χ0v) is 7.21. The molecular formula is C11H12O. The second-order valence-corrected chi connectivity index (χ2v) is 2.86. The normalized spacial score (nSPS) is 13.9. The van der Waals surface area contributed by atoms with Gasteiger partial charge in [-0.25, -0.2) is 0 Å². The zero-order valence-electron chi connectivity index (χ0n) is 7.21. The fourth-order valence-corrected chi connectivity index (χ4v) is 1.54. The third-order valence-corrected chi connectivity index (χ3v) is 2.09. The van der Waals surface area contributed by atoms with Gasteiger partial charge in [-0.15, -0.1) is 0 Å². The Bertz CT molecular complexity index is 313. The van der Waals surface area contributed by atoms with Gasteiger partial charge in [-0.1, -0.05) is 24.3 Å². The topological polar surface area (TPSA) is 9.23 Å². The number of ether oxygens (including phenoxy) is 1. The van der Waals surface area contributed by atoms with Gasteiger partial charge in [-0.05, 0) is 25.0 Å². The summed E-state index contributed by atoms with van der Waals surface area (Å²) < 4.78 is 5.49. The molecule has 0 bridgehead atoms. The van der Waals surface area contributed by atoms with Gasteiger partial charge in [-0.2, -0.15) is 0 Å². The number of allylic oxidation sites excluding steroid dienone is 1. The predicted molar refractivity (Wildman–Crippen MR) is 49.7 cm³/mol. The molecule has 0 aliphatic heterocycles. The molecule has 1 aliphatic carbocycles. The van der Waals surface area contributed by atoms with Gasteiger partial charge in [0.05, 0.1) is 6.61 Å². The molecule has 12 heavy (non-hydrogen) atoms. The van der Waals surface area contributed by atoms with E-state index in [-0.39, 0.29) is 0 Å². The lowest BCUT2D eigenvalue weighted by Gasteiger charge is -2.05. The van der Waals surface area contributed by atoms with Crippen molar-refractivity contribution in [1.82, 2.24) is 0 Å². The van der Waals surface area contributed by atoms with E-state index in [0.29, 0.717) is 0 Å². The van der Waals surface area contributed by atoms with E-state index in [0.717, 1.165) is 18.8 Å². The summed E-state index contributed by atoms with van der Waals surface area (Å²) in [6, 6.07) is 8.39. The van der Waals surface area contributed by atoms with Crippen LogP contribution in [0.4, 0.5) is 0 Å². The van der Waals surface area contributed by atoms with Crippen LogP contribution in [0.15, 0.2) is 30.3 Å². The van der Waals surface area contributed by atoms with Gasteiger partial charge in [0.15, 0.2) is 0 Å². The Labute approximate surface area is 72.7 Å². The Balaban J connectivity index is 2.32. The fraction of sp³-hybridized carbons (Fsp3) is 0.273. The van der Waals surface area contributed by atoms with E-state index in [2.05, 4.69) is 30.3 Å². The molecule has 1 aromatic carbocycles. The van der Waals surface area contributed by atoms with Crippen LogP contribution in [0.1, 0.15) is 18.1 Å². The number of hydrogen-bond donors (Lipinski definition) is 0. The van der Waals surface area contributed by atoms with Crippen LogP contribution in [-0.4, -0.2) is 6.61 Å². The van der Waals surface area contributed by atoms with Crippen molar-refractivity contribution in [2.75, 3.05) is 6.61 Å². The molecule has 1 nitrogen and oxygen atoms in total. The number of rotatable bonds is 2. The van der Waals surface area contributed by atoms with Crippen LogP contribution in [0, 0.1) is 0 Å². The first kappa shape index (κ1) is 7.41. The molecule has 0 unspecified atom stereocenters. The number of fused-ring (bicyclic) bond motifs is 1. The highest BCUT2D eigenvalue weighted by atomic mass is 16.5. The third-order valence-electron chi connectivity index (χ3n) is 2.09. The number of benzene rings is 1. The molecular weight excluding hydrogens is 148 g/mol. The third kappa shape index (κ3) is 1.11. The molecule has 0 amide bonds. The summed E-state index contributed by atoms with van der Waals surface area (Å²) in [4.78, 5) is 0. The molecule has 0 spiro atoms. The monoisotopic (exact) mass is 160 g/mol. The van der Waals surface area contributed by atoms with Crippen LogP contribution in [0.2, 0.25) is 0 Å². The first-order valence-electron chi connectivity index (χ1n) is 4.33.